The van der Waals surface area contributed by atoms with E-state index in [4.69, 9.17) is 13.9 Å². The Bertz CT molecular complexity index is 1010. The SMILES string of the molecule is CCOC(=O)c1c(-c2ccco2)csc1NC(=O)COC(=O)c1ccc(O)cc1. The van der Waals surface area contributed by atoms with Crippen molar-refractivity contribution in [2.45, 2.75) is 6.92 Å². The largest absolute Gasteiger partial charge is 0.508 e. The van der Waals surface area contributed by atoms with E-state index < -0.39 is 24.5 Å². The van der Waals surface area contributed by atoms with Gasteiger partial charge in [-0.2, -0.15) is 0 Å². The van der Waals surface area contributed by atoms with E-state index in [2.05, 4.69) is 5.32 Å². The number of esters is 2. The second-order valence-corrected chi connectivity index (χ2v) is 6.60. The van der Waals surface area contributed by atoms with E-state index in [0.717, 1.165) is 11.3 Å². The van der Waals surface area contributed by atoms with Crippen molar-refractivity contribution in [1.82, 2.24) is 0 Å². The van der Waals surface area contributed by atoms with Crippen LogP contribution in [-0.2, 0) is 14.3 Å². The Balaban J connectivity index is 1.70. The highest BCUT2D eigenvalue weighted by molar-refractivity contribution is 7.15. The minimum Gasteiger partial charge on any atom is -0.508 e. The van der Waals surface area contributed by atoms with Crippen LogP contribution in [0, 0.1) is 0 Å². The Morgan fingerprint density at radius 3 is 2.52 bits per heavy atom. The Morgan fingerprint density at radius 1 is 1.10 bits per heavy atom. The van der Waals surface area contributed by atoms with Gasteiger partial charge in [0.05, 0.1) is 18.4 Å². The molecule has 0 unspecified atom stereocenters. The number of nitrogens with one attached hydrogen (secondary N) is 1. The van der Waals surface area contributed by atoms with Gasteiger partial charge in [0.1, 0.15) is 22.1 Å². The third-order valence-electron chi connectivity index (χ3n) is 3.75. The fourth-order valence-corrected chi connectivity index (χ4v) is 3.40. The Hall–Kier alpha value is -3.59. The van der Waals surface area contributed by atoms with E-state index in [9.17, 15) is 19.5 Å². The van der Waals surface area contributed by atoms with Crippen LogP contribution in [0.2, 0.25) is 0 Å². The number of carbonyl (C=O) groups is 3. The van der Waals surface area contributed by atoms with Crippen LogP contribution in [0.15, 0.2) is 52.5 Å². The van der Waals surface area contributed by atoms with Gasteiger partial charge in [0, 0.05) is 10.9 Å². The van der Waals surface area contributed by atoms with E-state index in [1.807, 2.05) is 0 Å². The number of anilines is 1. The lowest BCUT2D eigenvalue weighted by Gasteiger charge is -2.08. The summed E-state index contributed by atoms with van der Waals surface area (Å²) in [5.74, 6) is -1.46. The Labute approximate surface area is 169 Å². The molecule has 0 radical (unpaired) electrons. The van der Waals surface area contributed by atoms with Crippen LogP contribution >= 0.6 is 11.3 Å². The molecule has 0 aliphatic carbocycles. The molecule has 0 aliphatic heterocycles. The number of rotatable bonds is 7. The monoisotopic (exact) mass is 415 g/mol. The lowest BCUT2D eigenvalue weighted by atomic mass is 10.1. The average molecular weight is 415 g/mol. The number of carbonyl (C=O) groups excluding carboxylic acids is 3. The molecule has 9 heteroatoms. The number of hydrogen-bond donors (Lipinski definition) is 2. The molecule has 3 aromatic rings. The van der Waals surface area contributed by atoms with Crippen LogP contribution < -0.4 is 5.32 Å². The predicted molar refractivity (Wildman–Crippen MR) is 105 cm³/mol. The summed E-state index contributed by atoms with van der Waals surface area (Å²) in [5, 5.41) is 13.7. The summed E-state index contributed by atoms with van der Waals surface area (Å²) >= 11 is 1.13. The lowest BCUT2D eigenvalue weighted by molar-refractivity contribution is -0.119. The summed E-state index contributed by atoms with van der Waals surface area (Å²) in [5.41, 5.74) is 0.860. The van der Waals surface area contributed by atoms with Gasteiger partial charge in [-0.25, -0.2) is 9.59 Å². The highest BCUT2D eigenvalue weighted by atomic mass is 32.1. The van der Waals surface area contributed by atoms with Crippen molar-refractivity contribution in [3.05, 3.63) is 59.2 Å². The molecule has 150 valence electrons. The van der Waals surface area contributed by atoms with E-state index in [-0.39, 0.29) is 28.5 Å². The molecule has 2 N–H and O–H groups in total. The van der Waals surface area contributed by atoms with E-state index >= 15 is 0 Å². The fraction of sp³-hybridized carbons (Fsp3) is 0.150. The Morgan fingerprint density at radius 2 is 1.86 bits per heavy atom. The number of thiophene rings is 1. The van der Waals surface area contributed by atoms with E-state index in [1.54, 1.807) is 24.4 Å². The lowest BCUT2D eigenvalue weighted by Crippen LogP contribution is -2.21. The Kier molecular flexibility index (Phi) is 6.30. The average Bonchev–Trinajstić information content (AvgIpc) is 3.36. The highest BCUT2D eigenvalue weighted by Crippen LogP contribution is 2.36. The molecule has 0 saturated heterocycles. The van der Waals surface area contributed by atoms with Crippen molar-refractivity contribution in [2.75, 3.05) is 18.5 Å². The molecule has 1 amide bonds. The first kappa shape index (κ1) is 20.2. The van der Waals surface area contributed by atoms with Gasteiger partial charge in [-0.05, 0) is 43.3 Å². The number of furan rings is 1. The topological polar surface area (TPSA) is 115 Å². The first-order valence-corrected chi connectivity index (χ1v) is 9.46. The molecule has 0 fully saturated rings. The predicted octanol–water partition coefficient (Wildman–Crippen LogP) is 3.69. The molecule has 2 aromatic heterocycles. The minimum atomic E-state index is -0.715. The fourth-order valence-electron chi connectivity index (χ4n) is 2.44. The normalized spacial score (nSPS) is 10.4. The number of benzene rings is 1. The second kappa shape index (κ2) is 9.07. The molecule has 0 bridgehead atoms. The zero-order valence-corrected chi connectivity index (χ0v) is 16.2. The molecule has 1 aromatic carbocycles. The zero-order valence-electron chi connectivity index (χ0n) is 15.3. The summed E-state index contributed by atoms with van der Waals surface area (Å²) in [4.78, 5) is 36.6. The highest BCUT2D eigenvalue weighted by Gasteiger charge is 2.24. The summed E-state index contributed by atoms with van der Waals surface area (Å²) in [6.45, 7) is 1.30. The first-order valence-electron chi connectivity index (χ1n) is 8.58. The van der Waals surface area contributed by atoms with Gasteiger partial charge in [-0.15, -0.1) is 11.3 Å². The quantitative estimate of drug-likeness (QED) is 0.566. The summed E-state index contributed by atoms with van der Waals surface area (Å²) in [6.07, 6.45) is 1.48. The molecule has 0 saturated carbocycles. The van der Waals surface area contributed by atoms with Gasteiger partial charge < -0.3 is 24.3 Å². The van der Waals surface area contributed by atoms with E-state index in [0.29, 0.717) is 11.3 Å². The second-order valence-electron chi connectivity index (χ2n) is 5.72. The van der Waals surface area contributed by atoms with Gasteiger partial charge in [0.2, 0.25) is 0 Å². The molecular formula is C20H17NO7S. The van der Waals surface area contributed by atoms with Gasteiger partial charge in [0.15, 0.2) is 6.61 Å². The molecule has 8 nitrogen and oxygen atoms in total. The maximum atomic E-state index is 12.4. The zero-order chi connectivity index (χ0) is 20.8. The molecule has 0 atom stereocenters. The number of phenolic OH excluding ortho intramolecular Hbond substituents is 1. The number of amides is 1. The maximum Gasteiger partial charge on any atom is 0.341 e. The summed E-state index contributed by atoms with van der Waals surface area (Å²) < 4.78 is 15.4. The number of aromatic hydroxyl groups is 1. The van der Waals surface area contributed by atoms with Crippen LogP contribution in [0.1, 0.15) is 27.6 Å². The first-order chi connectivity index (χ1) is 14.0. The summed E-state index contributed by atoms with van der Waals surface area (Å²) in [6, 6.07) is 8.81. The third kappa shape index (κ3) is 4.82. The molecule has 2 heterocycles. The maximum absolute atomic E-state index is 12.4. The van der Waals surface area contributed by atoms with Crippen molar-refractivity contribution >= 4 is 34.2 Å². The van der Waals surface area contributed by atoms with Crippen molar-refractivity contribution < 1.29 is 33.4 Å². The molecule has 3 rings (SSSR count). The smallest absolute Gasteiger partial charge is 0.341 e. The van der Waals surface area contributed by atoms with Crippen LogP contribution in [0.4, 0.5) is 5.00 Å². The molecule has 29 heavy (non-hydrogen) atoms. The standard InChI is InChI=1S/C20H17NO7S/c1-2-26-20(25)17-14(15-4-3-9-27-15)11-29-18(17)21-16(23)10-28-19(24)12-5-7-13(22)8-6-12/h3-9,11,22H,2,10H2,1H3,(H,21,23). The number of ether oxygens (including phenoxy) is 2. The van der Waals surface area contributed by atoms with Gasteiger partial charge >= 0.3 is 11.9 Å². The van der Waals surface area contributed by atoms with Crippen LogP contribution in [0.25, 0.3) is 11.3 Å². The molecule has 0 aliphatic rings. The van der Waals surface area contributed by atoms with Crippen LogP contribution in [-0.4, -0.2) is 36.2 Å². The van der Waals surface area contributed by atoms with Crippen molar-refractivity contribution in [3.63, 3.8) is 0 Å². The van der Waals surface area contributed by atoms with Gasteiger partial charge in [-0.1, -0.05) is 0 Å². The van der Waals surface area contributed by atoms with E-state index in [1.165, 1.54) is 30.5 Å². The van der Waals surface area contributed by atoms with Crippen molar-refractivity contribution in [1.29, 1.82) is 0 Å². The number of hydrogen-bond acceptors (Lipinski definition) is 8. The van der Waals surface area contributed by atoms with Crippen LogP contribution in [0.5, 0.6) is 5.75 Å². The molecular weight excluding hydrogens is 398 g/mol. The van der Waals surface area contributed by atoms with Crippen LogP contribution in [0.3, 0.4) is 0 Å². The van der Waals surface area contributed by atoms with Gasteiger partial charge in [-0.3, -0.25) is 4.79 Å². The third-order valence-corrected chi connectivity index (χ3v) is 4.64. The van der Waals surface area contributed by atoms with Crippen molar-refractivity contribution in [3.8, 4) is 17.1 Å². The number of phenols is 1. The summed E-state index contributed by atoms with van der Waals surface area (Å²) in [7, 11) is 0. The van der Waals surface area contributed by atoms with Crippen molar-refractivity contribution in [2.24, 2.45) is 0 Å². The minimum absolute atomic E-state index is 0.0100. The van der Waals surface area contributed by atoms with Gasteiger partial charge in [0.25, 0.3) is 5.91 Å². The molecule has 0 spiro atoms.